The lowest BCUT2D eigenvalue weighted by Gasteiger charge is -2.29. The molecule has 0 atom stereocenters. The summed E-state index contributed by atoms with van der Waals surface area (Å²) in [4.78, 5) is 0. The van der Waals surface area contributed by atoms with Gasteiger partial charge in [-0.25, -0.2) is 17.6 Å². The van der Waals surface area contributed by atoms with Crippen molar-refractivity contribution in [3.8, 4) is 28.0 Å². The number of alkyl halides is 2. The van der Waals surface area contributed by atoms with Crippen LogP contribution in [0.5, 0.6) is 5.75 Å². The summed E-state index contributed by atoms with van der Waals surface area (Å²) in [6.07, 6.45) is 4.48. The largest absolute Gasteiger partial charge is 0.432 e. The van der Waals surface area contributed by atoms with E-state index in [2.05, 4.69) is 11.7 Å². The standard InChI is InChI=1S/C36H33ClF6O/c1-2-3-4-5-22-6-8-23(9-7-22)25-12-16-30(31(38)18-25)26-19-33(40)35(34(41)20-26)36(42,43)44-28-15-17-29(32(39)21-28)24-10-13-27(37)14-11-24/h10-23H,2-9H2,1H3. The topological polar surface area (TPSA) is 9.23 Å². The van der Waals surface area contributed by atoms with Gasteiger partial charge in [-0.1, -0.05) is 68.5 Å². The van der Waals surface area contributed by atoms with E-state index in [1.165, 1.54) is 43.9 Å². The molecular formula is C36H33ClF6O. The molecule has 0 unspecified atom stereocenters. The number of hydrogen-bond acceptors (Lipinski definition) is 1. The quantitative estimate of drug-likeness (QED) is 0.125. The monoisotopic (exact) mass is 630 g/mol. The molecule has 5 rings (SSSR count). The van der Waals surface area contributed by atoms with Crippen LogP contribution in [0.15, 0.2) is 72.8 Å². The van der Waals surface area contributed by atoms with Crippen LogP contribution in [0.4, 0.5) is 26.3 Å². The Bertz CT molecular complexity index is 1570. The summed E-state index contributed by atoms with van der Waals surface area (Å²) in [5.74, 6) is -4.53. The van der Waals surface area contributed by atoms with Gasteiger partial charge in [-0.15, -0.1) is 0 Å². The molecule has 0 saturated heterocycles. The third-order valence-corrected chi connectivity index (χ3v) is 8.77. The Morgan fingerprint density at radius 2 is 1.32 bits per heavy atom. The summed E-state index contributed by atoms with van der Waals surface area (Å²) in [6, 6.07) is 15.1. The molecule has 1 aliphatic rings. The second-order valence-corrected chi connectivity index (χ2v) is 12.0. The average Bonchev–Trinajstić information content (AvgIpc) is 2.97. The van der Waals surface area contributed by atoms with Crippen LogP contribution in [0.1, 0.15) is 75.3 Å². The predicted octanol–water partition coefficient (Wildman–Crippen LogP) is 12.2. The van der Waals surface area contributed by atoms with Crippen molar-refractivity contribution in [2.24, 2.45) is 5.92 Å². The highest BCUT2D eigenvalue weighted by Crippen LogP contribution is 2.41. The minimum atomic E-state index is -4.49. The molecule has 232 valence electrons. The first-order valence-electron chi connectivity index (χ1n) is 15.0. The van der Waals surface area contributed by atoms with Crippen molar-refractivity contribution in [3.63, 3.8) is 0 Å². The van der Waals surface area contributed by atoms with Crippen LogP contribution >= 0.6 is 11.6 Å². The second-order valence-electron chi connectivity index (χ2n) is 11.5. The maximum absolute atomic E-state index is 15.2. The zero-order valence-electron chi connectivity index (χ0n) is 24.3. The van der Waals surface area contributed by atoms with Crippen LogP contribution in [-0.4, -0.2) is 0 Å². The molecule has 1 nitrogen and oxygen atoms in total. The summed E-state index contributed by atoms with van der Waals surface area (Å²) in [5, 5.41) is 0.439. The van der Waals surface area contributed by atoms with Crippen molar-refractivity contribution < 1.29 is 31.1 Å². The molecule has 0 N–H and O–H groups in total. The van der Waals surface area contributed by atoms with E-state index in [1.54, 1.807) is 30.3 Å². The van der Waals surface area contributed by atoms with Gasteiger partial charge in [-0.05, 0) is 96.7 Å². The molecule has 0 spiro atoms. The minimum absolute atomic E-state index is 0.0992. The van der Waals surface area contributed by atoms with Crippen LogP contribution < -0.4 is 4.74 Å². The number of unbranched alkanes of at least 4 members (excludes halogenated alkanes) is 2. The maximum atomic E-state index is 15.2. The van der Waals surface area contributed by atoms with E-state index in [0.717, 1.165) is 37.3 Å². The highest BCUT2D eigenvalue weighted by molar-refractivity contribution is 6.30. The predicted molar refractivity (Wildman–Crippen MR) is 162 cm³/mol. The van der Waals surface area contributed by atoms with E-state index in [-0.39, 0.29) is 22.6 Å². The van der Waals surface area contributed by atoms with Crippen molar-refractivity contribution in [2.75, 3.05) is 0 Å². The Balaban J connectivity index is 1.30. The van der Waals surface area contributed by atoms with Gasteiger partial charge in [0.1, 0.15) is 34.6 Å². The molecule has 0 heterocycles. The van der Waals surface area contributed by atoms with Crippen LogP contribution in [0.3, 0.4) is 0 Å². The van der Waals surface area contributed by atoms with Gasteiger partial charge in [0.05, 0.1) is 0 Å². The fourth-order valence-corrected chi connectivity index (χ4v) is 6.24. The zero-order valence-corrected chi connectivity index (χ0v) is 25.0. The lowest BCUT2D eigenvalue weighted by atomic mass is 9.77. The van der Waals surface area contributed by atoms with E-state index < -0.39 is 40.7 Å². The van der Waals surface area contributed by atoms with Gasteiger partial charge in [0.25, 0.3) is 0 Å². The molecular weight excluding hydrogens is 598 g/mol. The molecule has 1 fully saturated rings. The number of halogens is 7. The first-order chi connectivity index (χ1) is 21.1. The molecule has 1 saturated carbocycles. The molecule has 8 heteroatoms. The molecule has 1 aliphatic carbocycles. The summed E-state index contributed by atoms with van der Waals surface area (Å²) in [7, 11) is 0. The smallest absolute Gasteiger partial charge is 0.429 e. The van der Waals surface area contributed by atoms with E-state index >= 15 is 22.0 Å². The Kier molecular flexibility index (Phi) is 9.94. The molecule has 0 radical (unpaired) electrons. The number of benzene rings is 4. The zero-order chi connectivity index (χ0) is 31.4. The van der Waals surface area contributed by atoms with Crippen molar-refractivity contribution in [3.05, 3.63) is 112 Å². The Morgan fingerprint density at radius 1 is 0.705 bits per heavy atom. The summed E-state index contributed by atoms with van der Waals surface area (Å²) in [5.41, 5.74) is -0.608. The molecule has 0 aromatic heterocycles. The molecule has 0 aliphatic heterocycles. The molecule has 4 aromatic carbocycles. The Morgan fingerprint density at radius 3 is 1.93 bits per heavy atom. The third-order valence-electron chi connectivity index (χ3n) is 8.51. The van der Waals surface area contributed by atoms with E-state index in [4.69, 9.17) is 11.6 Å². The fourth-order valence-electron chi connectivity index (χ4n) is 6.12. The molecule has 4 aromatic rings. The van der Waals surface area contributed by atoms with Gasteiger partial charge in [0.2, 0.25) is 0 Å². The maximum Gasteiger partial charge on any atom is 0.432 e. The van der Waals surface area contributed by atoms with Gasteiger partial charge in [-0.2, -0.15) is 8.78 Å². The molecule has 44 heavy (non-hydrogen) atoms. The molecule has 0 bridgehead atoms. The van der Waals surface area contributed by atoms with Crippen molar-refractivity contribution in [2.45, 2.75) is 70.3 Å². The minimum Gasteiger partial charge on any atom is -0.429 e. The number of ether oxygens (including phenoxy) is 1. The first kappa shape index (κ1) is 32.0. The van der Waals surface area contributed by atoms with Crippen molar-refractivity contribution >= 4 is 11.6 Å². The lowest BCUT2D eigenvalue weighted by Crippen LogP contribution is -2.25. The number of hydrogen-bond donors (Lipinski definition) is 0. The van der Waals surface area contributed by atoms with E-state index in [1.807, 2.05) is 0 Å². The van der Waals surface area contributed by atoms with E-state index in [0.29, 0.717) is 34.7 Å². The van der Waals surface area contributed by atoms with Crippen molar-refractivity contribution in [1.29, 1.82) is 0 Å². The lowest BCUT2D eigenvalue weighted by molar-refractivity contribution is -0.189. The highest BCUT2D eigenvalue weighted by atomic mass is 35.5. The SMILES string of the molecule is CCCCCC1CCC(c2ccc(-c3cc(F)c(C(F)(F)Oc4ccc(-c5ccc(Cl)cc5)c(F)c4)c(F)c3)c(F)c2)CC1. The van der Waals surface area contributed by atoms with Gasteiger partial charge < -0.3 is 4.74 Å². The van der Waals surface area contributed by atoms with Gasteiger partial charge in [0.15, 0.2) is 0 Å². The average molecular weight is 631 g/mol. The second kappa shape index (κ2) is 13.7. The van der Waals surface area contributed by atoms with Crippen LogP contribution in [0, 0.1) is 29.2 Å². The molecule has 0 amide bonds. The van der Waals surface area contributed by atoms with Crippen LogP contribution in [0.2, 0.25) is 5.02 Å². The van der Waals surface area contributed by atoms with Crippen LogP contribution in [-0.2, 0) is 6.11 Å². The summed E-state index contributed by atoms with van der Waals surface area (Å²) < 4.78 is 94.7. The fraction of sp³-hybridized carbons (Fsp3) is 0.333. The van der Waals surface area contributed by atoms with Crippen molar-refractivity contribution in [1.82, 2.24) is 0 Å². The van der Waals surface area contributed by atoms with Gasteiger partial charge in [0, 0.05) is 22.2 Å². The Labute approximate surface area is 258 Å². The number of rotatable bonds is 10. The summed E-state index contributed by atoms with van der Waals surface area (Å²) in [6.45, 7) is 2.18. The van der Waals surface area contributed by atoms with E-state index in [9.17, 15) is 4.39 Å². The van der Waals surface area contributed by atoms with Crippen LogP contribution in [0.25, 0.3) is 22.3 Å². The van der Waals surface area contributed by atoms with Gasteiger partial charge in [-0.3, -0.25) is 0 Å². The Hall–Kier alpha value is -3.45. The van der Waals surface area contributed by atoms with Gasteiger partial charge >= 0.3 is 6.11 Å². The first-order valence-corrected chi connectivity index (χ1v) is 15.3. The normalized spacial score (nSPS) is 17.1. The summed E-state index contributed by atoms with van der Waals surface area (Å²) >= 11 is 5.85. The highest BCUT2D eigenvalue weighted by Gasteiger charge is 2.41. The third kappa shape index (κ3) is 7.26.